The van der Waals surface area contributed by atoms with Gasteiger partial charge in [-0.3, -0.25) is 4.79 Å². The molecule has 1 aliphatic carbocycles. The van der Waals surface area contributed by atoms with Crippen molar-refractivity contribution >= 4 is 17.4 Å². The molecule has 1 aliphatic rings. The fraction of sp³-hybridized carbons (Fsp3) is 0.462. The van der Waals surface area contributed by atoms with E-state index in [2.05, 4.69) is 0 Å². The minimum atomic E-state index is -3.43. The van der Waals surface area contributed by atoms with Gasteiger partial charge >= 0.3 is 0 Å². The van der Waals surface area contributed by atoms with Crippen LogP contribution in [-0.4, -0.2) is 12.8 Å². The van der Waals surface area contributed by atoms with Crippen LogP contribution in [0.4, 0.5) is 0 Å². The van der Waals surface area contributed by atoms with Crippen LogP contribution in [0.3, 0.4) is 0 Å². The summed E-state index contributed by atoms with van der Waals surface area (Å²) < 4.78 is 78.8. The number of carbonyl (C=O) groups is 1. The Kier molecular flexibility index (Phi) is 1.26. The van der Waals surface area contributed by atoms with Gasteiger partial charge in [0.15, 0.2) is 5.78 Å². The molecule has 0 heterocycles. The Morgan fingerprint density at radius 1 is 1.56 bits per heavy atom. The summed E-state index contributed by atoms with van der Waals surface area (Å²) in [5, 5.41) is -0.499. The molecule has 1 N–H and O–H groups in total. The van der Waals surface area contributed by atoms with E-state index in [9.17, 15) is 4.79 Å². The van der Waals surface area contributed by atoms with Gasteiger partial charge < -0.3 is 5.31 Å². The molecule has 1 saturated carbocycles. The Balaban J connectivity index is 2.97. The summed E-state index contributed by atoms with van der Waals surface area (Å²) in [5.41, 5.74) is -3.37. The van der Waals surface area contributed by atoms with E-state index in [4.69, 9.17) is 25.3 Å². The maximum absolute atomic E-state index is 13.0. The Morgan fingerprint density at radius 2 is 2.38 bits per heavy atom. The molecule has 2 nitrogen and oxygen atoms in total. The summed E-state index contributed by atoms with van der Waals surface area (Å²) in [7, 11) is 0. The van der Waals surface area contributed by atoms with E-state index >= 15 is 0 Å². The van der Waals surface area contributed by atoms with Crippen molar-refractivity contribution in [3.05, 3.63) is 34.9 Å². The quantitative estimate of drug-likeness (QED) is 0.871. The first-order valence-electron chi connectivity index (χ1n) is 9.57. The van der Waals surface area contributed by atoms with E-state index in [1.54, 1.807) is 0 Å². The highest BCUT2D eigenvalue weighted by atomic mass is 35.5. The lowest BCUT2D eigenvalue weighted by Crippen LogP contribution is -2.49. The first-order chi connectivity index (χ1) is 11.5. The minimum Gasteiger partial charge on any atom is -0.304 e. The van der Waals surface area contributed by atoms with Crippen molar-refractivity contribution in [2.24, 2.45) is 0 Å². The van der Waals surface area contributed by atoms with Gasteiger partial charge in [0, 0.05) is 23.8 Å². The molecule has 0 radical (unpaired) electrons. The zero-order chi connectivity index (χ0) is 20.3. The second-order valence-corrected chi connectivity index (χ2v) is 3.74. The molecule has 0 aliphatic heterocycles. The Labute approximate surface area is 115 Å². The zero-order valence-corrected chi connectivity index (χ0v) is 9.01. The number of benzene rings is 1. The van der Waals surface area contributed by atoms with E-state index in [0.717, 1.165) is 6.07 Å². The standard InChI is InChI=1S/C13H16ClNO/c1-15-13(9-5-4-8-12(13)16)10-6-2-3-7-11(10)14/h2-3,6-7,15H,4-5,8-9H2,1H3/i1D3,4D2,5D2,9D2/hD. The van der Waals surface area contributed by atoms with Crippen molar-refractivity contribution in [1.82, 2.24) is 5.31 Å². The third-order valence-corrected chi connectivity index (χ3v) is 2.75. The van der Waals surface area contributed by atoms with Crippen LogP contribution in [0.15, 0.2) is 24.3 Å². The number of Topliss-reactive ketones (excluding diaryl/α,β-unsaturated/α-hetero) is 1. The Hall–Kier alpha value is -0.860. The molecule has 1 aromatic carbocycles. The minimum absolute atomic E-state index is 0.232. The molecule has 3 heteroatoms. The van der Waals surface area contributed by atoms with E-state index in [-0.39, 0.29) is 10.3 Å². The number of likely N-dealkylation sites (N-methyl/N-ethyl adjacent to an activating group) is 1. The van der Waals surface area contributed by atoms with Gasteiger partial charge in [-0.25, -0.2) is 0 Å². The van der Waals surface area contributed by atoms with Gasteiger partial charge in [-0.15, -0.1) is 0 Å². The van der Waals surface area contributed by atoms with Crippen LogP contribution in [0.25, 0.3) is 0 Å². The predicted molar refractivity (Wildman–Crippen MR) is 65.7 cm³/mol. The molecule has 0 amide bonds. The fourth-order valence-electron chi connectivity index (χ4n) is 1.58. The molecule has 0 aromatic heterocycles. The third kappa shape index (κ3) is 1.76. The summed E-state index contributed by atoms with van der Waals surface area (Å²) in [6, 6.07) is 5.19. The zero-order valence-electron chi connectivity index (χ0n) is 18.2. The van der Waals surface area contributed by atoms with Crippen molar-refractivity contribution in [2.45, 2.75) is 31.1 Å². The van der Waals surface area contributed by atoms with E-state index in [1.165, 1.54) is 18.2 Å². The number of rotatable bonds is 2. The van der Waals surface area contributed by atoms with Crippen LogP contribution in [-0.2, 0) is 10.3 Å². The molecule has 1 aromatic rings. The predicted octanol–water partition coefficient (Wildman–Crippen LogP) is 2.90. The van der Waals surface area contributed by atoms with Crippen molar-refractivity contribution in [3.8, 4) is 0 Å². The van der Waals surface area contributed by atoms with Crippen LogP contribution in [0.1, 0.15) is 43.4 Å². The molecule has 1 unspecified atom stereocenters. The van der Waals surface area contributed by atoms with Gasteiger partial charge in [-0.1, -0.05) is 36.2 Å². The normalized spacial score (nSPS) is 45.5. The molecular formula is C13H16ClNO. The second-order valence-electron chi connectivity index (χ2n) is 3.33. The van der Waals surface area contributed by atoms with Gasteiger partial charge in [-0.05, 0) is 31.4 Å². The lowest BCUT2D eigenvalue weighted by atomic mass is 9.75. The van der Waals surface area contributed by atoms with Gasteiger partial charge in [0.1, 0.15) is 6.95 Å². The van der Waals surface area contributed by atoms with Gasteiger partial charge in [-0.2, -0.15) is 0 Å². The van der Waals surface area contributed by atoms with E-state index in [0.29, 0.717) is 0 Å². The average molecular weight is 248 g/mol. The number of carbonyl (C=O) groups excluding carboxylic acids is 1. The highest BCUT2D eigenvalue weighted by Crippen LogP contribution is 2.37. The van der Waals surface area contributed by atoms with Crippen LogP contribution in [0.5, 0.6) is 0 Å². The molecule has 86 valence electrons. The van der Waals surface area contributed by atoms with Crippen molar-refractivity contribution in [1.29, 1.82) is 0 Å². The molecule has 16 heavy (non-hydrogen) atoms. The monoisotopic (exact) mass is 247 g/mol. The van der Waals surface area contributed by atoms with Crippen LogP contribution in [0, 0.1) is 0 Å². The molecule has 0 spiro atoms. The fourth-order valence-corrected chi connectivity index (χ4v) is 1.85. The van der Waals surface area contributed by atoms with Crippen molar-refractivity contribution in [3.63, 3.8) is 0 Å². The molecule has 2 rings (SSSR count). The van der Waals surface area contributed by atoms with Gasteiger partial charge in [0.2, 0.25) is 0 Å². The smallest absolute Gasteiger partial charge is 0.157 e. The highest BCUT2D eigenvalue weighted by Gasteiger charge is 2.40. The summed E-state index contributed by atoms with van der Waals surface area (Å²) in [6.45, 7) is -3.30. The molecular weight excluding hydrogens is 222 g/mol. The van der Waals surface area contributed by atoms with E-state index < -0.39 is 49.4 Å². The van der Waals surface area contributed by atoms with Crippen molar-refractivity contribution < 1.29 is 18.5 Å². The number of nitrogens with one attached hydrogen (secondary N) is 1. The highest BCUT2D eigenvalue weighted by molar-refractivity contribution is 6.31. The molecule has 0 bridgehead atoms. The lowest BCUT2D eigenvalue weighted by Gasteiger charge is -2.36. The average Bonchev–Trinajstić information content (AvgIpc) is 2.46. The van der Waals surface area contributed by atoms with Crippen molar-refractivity contribution in [2.75, 3.05) is 6.98 Å². The summed E-state index contributed by atoms with van der Waals surface area (Å²) >= 11 is 6.07. The SMILES string of the molecule is [2H]N(C([2H])([2H])[2H])C1(c2ccccc2Cl)C(=O)CC([2H])([2H])C([2H])([2H])C1([2H])[2H]. The maximum atomic E-state index is 13.0. The van der Waals surface area contributed by atoms with Crippen LogP contribution >= 0.6 is 11.6 Å². The first-order valence-corrected chi connectivity index (χ1v) is 5.00. The summed E-state index contributed by atoms with van der Waals surface area (Å²) in [6.07, 6.45) is -10.7. The Bertz CT molecular complexity index is 734. The molecule has 1 fully saturated rings. The van der Waals surface area contributed by atoms with Gasteiger partial charge in [0.25, 0.3) is 0 Å². The topological polar surface area (TPSA) is 29.1 Å². The largest absolute Gasteiger partial charge is 0.304 e. The molecule has 1 atom stereocenters. The number of ketones is 1. The van der Waals surface area contributed by atoms with Crippen LogP contribution in [0.2, 0.25) is 6.43 Å². The summed E-state index contributed by atoms with van der Waals surface area (Å²) in [4.78, 5) is 13.0. The number of halogens is 1. The lowest BCUT2D eigenvalue weighted by molar-refractivity contribution is -0.127. The third-order valence-electron chi connectivity index (χ3n) is 2.42. The summed E-state index contributed by atoms with van der Waals surface area (Å²) in [5.74, 6) is -1.28. The molecule has 0 saturated heterocycles. The van der Waals surface area contributed by atoms with E-state index in [1.807, 2.05) is 0 Å². The first kappa shape index (κ1) is 4.43. The van der Waals surface area contributed by atoms with Gasteiger partial charge in [0.05, 0.1) is 0 Å². The number of hydrogen-bond donors (Lipinski definition) is 1. The maximum Gasteiger partial charge on any atom is 0.157 e. The second kappa shape index (κ2) is 4.56. The van der Waals surface area contributed by atoms with Crippen LogP contribution < -0.4 is 5.31 Å². The number of hydrogen-bond acceptors (Lipinski definition) is 2. The Morgan fingerprint density at radius 3 is 3.12 bits per heavy atom.